The Morgan fingerprint density at radius 2 is 1.90 bits per heavy atom. The van der Waals surface area contributed by atoms with Gasteiger partial charge in [-0.3, -0.25) is 0 Å². The van der Waals surface area contributed by atoms with Crippen LogP contribution in [-0.4, -0.2) is 30.3 Å². The lowest BCUT2D eigenvalue weighted by Gasteiger charge is -2.40. The Bertz CT molecular complexity index is 696. The summed E-state index contributed by atoms with van der Waals surface area (Å²) >= 11 is 5.17. The van der Waals surface area contributed by atoms with E-state index in [1.165, 1.54) is 11.1 Å². The summed E-state index contributed by atoms with van der Waals surface area (Å²) < 4.78 is 5.81. The third kappa shape index (κ3) is 2.74. The molecule has 1 fully saturated rings. The van der Waals surface area contributed by atoms with Crippen LogP contribution in [0.2, 0.25) is 0 Å². The number of hydrogen-bond acceptors (Lipinski definition) is 3. The fourth-order valence-corrected chi connectivity index (χ4v) is 3.17. The first-order valence-corrected chi connectivity index (χ1v) is 7.59. The van der Waals surface area contributed by atoms with E-state index in [1.54, 1.807) is 0 Å². The largest absolute Gasteiger partial charge is 0.389 e. The molecule has 21 heavy (non-hydrogen) atoms. The molecule has 0 saturated carbocycles. The van der Waals surface area contributed by atoms with Crippen molar-refractivity contribution in [3.63, 3.8) is 0 Å². The van der Waals surface area contributed by atoms with Gasteiger partial charge in [0.1, 0.15) is 4.99 Å². The van der Waals surface area contributed by atoms with Gasteiger partial charge in [-0.15, -0.1) is 0 Å². The summed E-state index contributed by atoms with van der Waals surface area (Å²) in [6.07, 6.45) is 0. The smallest absolute Gasteiger partial charge is 0.104 e. The van der Waals surface area contributed by atoms with Crippen molar-refractivity contribution in [2.75, 3.05) is 24.6 Å². The minimum atomic E-state index is -0.124. The van der Waals surface area contributed by atoms with Crippen LogP contribution in [0.5, 0.6) is 0 Å². The van der Waals surface area contributed by atoms with Crippen LogP contribution in [-0.2, 0) is 4.74 Å². The van der Waals surface area contributed by atoms with Crippen molar-refractivity contribution in [3.05, 3.63) is 42.0 Å². The first kappa shape index (κ1) is 14.3. The molecule has 0 amide bonds. The lowest BCUT2D eigenvalue weighted by atomic mass is 10.0. The topological polar surface area (TPSA) is 38.5 Å². The van der Waals surface area contributed by atoms with Gasteiger partial charge in [-0.2, -0.15) is 0 Å². The summed E-state index contributed by atoms with van der Waals surface area (Å²) in [4.78, 5) is 2.83. The normalized spacial score (nSPS) is 17.9. The molecule has 1 aliphatic rings. The van der Waals surface area contributed by atoms with Gasteiger partial charge in [0.05, 0.1) is 12.2 Å². The molecule has 1 aliphatic heterocycles. The van der Waals surface area contributed by atoms with Crippen LogP contribution in [0.4, 0.5) is 5.69 Å². The molecule has 3 rings (SSSR count). The van der Waals surface area contributed by atoms with E-state index in [-0.39, 0.29) is 5.60 Å². The van der Waals surface area contributed by atoms with E-state index in [2.05, 4.69) is 43.0 Å². The van der Waals surface area contributed by atoms with Crippen molar-refractivity contribution >= 4 is 33.7 Å². The number of fused-ring (bicyclic) bond motifs is 1. The summed E-state index contributed by atoms with van der Waals surface area (Å²) in [6.45, 7) is 6.79. The van der Waals surface area contributed by atoms with Crippen LogP contribution in [0.15, 0.2) is 36.4 Å². The zero-order valence-electron chi connectivity index (χ0n) is 12.4. The van der Waals surface area contributed by atoms with Crippen molar-refractivity contribution in [2.45, 2.75) is 19.4 Å². The summed E-state index contributed by atoms with van der Waals surface area (Å²) in [5.74, 6) is 0. The number of rotatable bonds is 2. The molecule has 0 radical (unpaired) electrons. The maximum Gasteiger partial charge on any atom is 0.104 e. The molecule has 1 heterocycles. The summed E-state index contributed by atoms with van der Waals surface area (Å²) in [7, 11) is 0. The summed E-state index contributed by atoms with van der Waals surface area (Å²) in [6, 6.07) is 12.5. The molecule has 0 bridgehead atoms. The van der Waals surface area contributed by atoms with Gasteiger partial charge in [-0.05, 0) is 31.4 Å². The lowest BCUT2D eigenvalue weighted by Crippen LogP contribution is -2.48. The molecule has 3 nitrogen and oxygen atoms in total. The SMILES string of the molecule is CC1(C)CN(c2ccc(C(N)=S)c3ccccc23)CCO1. The number of hydrogen-bond donors (Lipinski definition) is 1. The third-order valence-electron chi connectivity index (χ3n) is 3.93. The molecular weight excluding hydrogens is 280 g/mol. The van der Waals surface area contributed by atoms with E-state index >= 15 is 0 Å². The van der Waals surface area contributed by atoms with Gasteiger partial charge in [-0.25, -0.2) is 0 Å². The summed E-state index contributed by atoms with van der Waals surface area (Å²) in [5.41, 5.74) is 7.89. The summed E-state index contributed by atoms with van der Waals surface area (Å²) in [5, 5.41) is 2.31. The number of benzene rings is 2. The van der Waals surface area contributed by atoms with Gasteiger partial charge >= 0.3 is 0 Å². The zero-order chi connectivity index (χ0) is 15.0. The van der Waals surface area contributed by atoms with Gasteiger partial charge < -0.3 is 15.4 Å². The fraction of sp³-hybridized carbons (Fsp3) is 0.353. The zero-order valence-corrected chi connectivity index (χ0v) is 13.2. The predicted molar refractivity (Wildman–Crippen MR) is 92.1 cm³/mol. The number of anilines is 1. The maximum absolute atomic E-state index is 5.85. The van der Waals surface area contributed by atoms with Gasteiger partial charge in [0.15, 0.2) is 0 Å². The highest BCUT2D eigenvalue weighted by molar-refractivity contribution is 7.80. The molecule has 2 aromatic rings. The predicted octanol–water partition coefficient (Wildman–Crippen LogP) is 3.09. The van der Waals surface area contributed by atoms with Crippen LogP contribution < -0.4 is 10.6 Å². The number of thiocarbonyl (C=S) groups is 1. The van der Waals surface area contributed by atoms with E-state index in [4.69, 9.17) is 22.7 Å². The van der Waals surface area contributed by atoms with E-state index in [0.29, 0.717) is 4.99 Å². The second kappa shape index (κ2) is 5.28. The average molecular weight is 300 g/mol. The Kier molecular flexibility index (Phi) is 3.59. The van der Waals surface area contributed by atoms with Gasteiger partial charge in [0.2, 0.25) is 0 Å². The van der Waals surface area contributed by atoms with Gasteiger partial charge in [0, 0.05) is 29.7 Å². The molecule has 4 heteroatoms. The highest BCUT2D eigenvalue weighted by Crippen LogP contribution is 2.32. The maximum atomic E-state index is 5.85. The monoisotopic (exact) mass is 300 g/mol. The van der Waals surface area contributed by atoms with E-state index < -0.39 is 0 Å². The molecule has 0 aliphatic carbocycles. The van der Waals surface area contributed by atoms with Crippen molar-refractivity contribution in [1.29, 1.82) is 0 Å². The Morgan fingerprint density at radius 3 is 2.57 bits per heavy atom. The molecule has 110 valence electrons. The molecule has 0 spiro atoms. The lowest BCUT2D eigenvalue weighted by molar-refractivity contribution is -0.0276. The quantitative estimate of drug-likeness (QED) is 0.865. The third-order valence-corrected chi connectivity index (χ3v) is 4.15. The molecule has 0 atom stereocenters. The standard InChI is InChI=1S/C17H20N2OS/c1-17(2)11-19(9-10-20-17)15-8-7-14(16(18)21)12-5-3-4-6-13(12)15/h3-8H,9-11H2,1-2H3,(H2,18,21). The molecule has 2 aromatic carbocycles. The Balaban J connectivity index is 2.12. The fourth-order valence-electron chi connectivity index (χ4n) is 3.00. The Labute approximate surface area is 130 Å². The van der Waals surface area contributed by atoms with Crippen molar-refractivity contribution < 1.29 is 4.74 Å². The van der Waals surface area contributed by atoms with Crippen LogP contribution in [0.3, 0.4) is 0 Å². The first-order chi connectivity index (χ1) is 9.98. The second-order valence-corrected chi connectivity index (χ2v) is 6.51. The minimum absolute atomic E-state index is 0.124. The minimum Gasteiger partial charge on any atom is -0.389 e. The number of nitrogens with zero attached hydrogens (tertiary/aromatic N) is 1. The Morgan fingerprint density at radius 1 is 1.19 bits per heavy atom. The highest BCUT2D eigenvalue weighted by Gasteiger charge is 2.28. The first-order valence-electron chi connectivity index (χ1n) is 7.18. The molecular formula is C17H20N2OS. The molecule has 1 saturated heterocycles. The van der Waals surface area contributed by atoms with E-state index in [0.717, 1.165) is 30.6 Å². The number of morpholine rings is 1. The van der Waals surface area contributed by atoms with E-state index in [9.17, 15) is 0 Å². The van der Waals surface area contributed by atoms with Crippen LogP contribution >= 0.6 is 12.2 Å². The molecule has 0 unspecified atom stereocenters. The van der Waals surface area contributed by atoms with Crippen LogP contribution in [0.1, 0.15) is 19.4 Å². The van der Waals surface area contributed by atoms with Crippen LogP contribution in [0, 0.1) is 0 Å². The number of nitrogens with two attached hydrogens (primary N) is 1. The van der Waals surface area contributed by atoms with Gasteiger partial charge in [0.25, 0.3) is 0 Å². The molecule has 0 aromatic heterocycles. The van der Waals surface area contributed by atoms with Gasteiger partial charge in [-0.1, -0.05) is 36.5 Å². The second-order valence-electron chi connectivity index (χ2n) is 6.07. The molecule has 2 N–H and O–H groups in total. The van der Waals surface area contributed by atoms with Crippen molar-refractivity contribution in [1.82, 2.24) is 0 Å². The van der Waals surface area contributed by atoms with Crippen LogP contribution in [0.25, 0.3) is 10.8 Å². The highest BCUT2D eigenvalue weighted by atomic mass is 32.1. The Hall–Kier alpha value is -1.65. The van der Waals surface area contributed by atoms with Crippen molar-refractivity contribution in [3.8, 4) is 0 Å². The van der Waals surface area contributed by atoms with E-state index in [1.807, 2.05) is 12.1 Å². The number of ether oxygens (including phenoxy) is 1. The van der Waals surface area contributed by atoms with Crippen molar-refractivity contribution in [2.24, 2.45) is 5.73 Å². The average Bonchev–Trinajstić information content (AvgIpc) is 2.44.